The molecule has 6 N–H and O–H groups in total. The average molecular weight is 1140 g/mol. The van der Waals surface area contributed by atoms with Crippen molar-refractivity contribution in [2.24, 2.45) is 16.6 Å². The molecule has 0 unspecified atom stereocenters. The molecule has 0 aliphatic carbocycles. The van der Waals surface area contributed by atoms with E-state index in [2.05, 4.69) is 29.9 Å². The minimum atomic E-state index is -2.24. The molecule has 3 aliphatic rings. The summed E-state index contributed by atoms with van der Waals surface area (Å²) >= 11 is 30.2. The summed E-state index contributed by atoms with van der Waals surface area (Å²) in [4.78, 5) is 80.9. The summed E-state index contributed by atoms with van der Waals surface area (Å²) in [6.45, 7) is 25.3. The second-order valence-corrected chi connectivity index (χ2v) is 23.1. The Hall–Kier alpha value is -3.94. The van der Waals surface area contributed by atoms with Crippen LogP contribution in [0.3, 0.4) is 0 Å². The van der Waals surface area contributed by atoms with Gasteiger partial charge in [-0.3, -0.25) is 4.79 Å². The fourth-order valence-corrected chi connectivity index (χ4v) is 7.42. The van der Waals surface area contributed by atoms with Crippen LogP contribution >= 0.6 is 69.6 Å². The van der Waals surface area contributed by atoms with Gasteiger partial charge in [0.05, 0.1) is 25.1 Å². The van der Waals surface area contributed by atoms with Gasteiger partial charge in [0.1, 0.15) is 11.2 Å². The first-order chi connectivity index (χ1) is 33.3. The Balaban J connectivity index is 0.000000521. The number of nitrogens with two attached hydrogens (primary N) is 1. The second kappa shape index (κ2) is 31.7. The van der Waals surface area contributed by atoms with Crippen molar-refractivity contribution in [2.45, 2.75) is 144 Å². The van der Waals surface area contributed by atoms with E-state index in [1.807, 2.05) is 85.7 Å². The normalized spacial score (nSPS) is 18.3. The fourth-order valence-electron chi connectivity index (χ4n) is 7.04. The van der Waals surface area contributed by atoms with Gasteiger partial charge in [-0.25, -0.2) is 33.8 Å². The molecule has 27 heteroatoms. The molecular formula is C45H67BCl6N8O12. The quantitative estimate of drug-likeness (QED) is 0.0205. The zero-order valence-corrected chi connectivity index (χ0v) is 46.2. The van der Waals surface area contributed by atoms with Crippen LogP contribution in [0.25, 0.3) is 4.85 Å². The van der Waals surface area contributed by atoms with Gasteiger partial charge in [-0.05, 0) is 168 Å². The number of nitrogens with zero attached hydrogens (tertiary/aromatic N) is 5. The predicted octanol–water partition coefficient (Wildman–Crippen LogP) is 8.22. The highest BCUT2D eigenvalue weighted by Crippen LogP contribution is 2.32. The summed E-state index contributed by atoms with van der Waals surface area (Å²) in [7, 11) is -1.71. The molecule has 3 aliphatic heterocycles. The van der Waals surface area contributed by atoms with Crippen molar-refractivity contribution in [3.05, 3.63) is 59.1 Å². The summed E-state index contributed by atoms with van der Waals surface area (Å²) < 4.78 is 14.1. The first-order valence-corrected chi connectivity index (χ1v) is 25.2. The third-order valence-electron chi connectivity index (χ3n) is 9.99. The van der Waals surface area contributed by atoms with Crippen LogP contribution in [-0.4, -0.2) is 151 Å². The Labute approximate surface area is 452 Å². The summed E-state index contributed by atoms with van der Waals surface area (Å²) in [6.07, 6.45) is 6.82. The molecule has 3 heterocycles. The lowest BCUT2D eigenvalue weighted by molar-refractivity contribution is -0.127. The van der Waals surface area contributed by atoms with Gasteiger partial charge >= 0.3 is 39.4 Å². The second-order valence-electron chi connectivity index (χ2n) is 18.7. The highest BCUT2D eigenvalue weighted by Gasteiger charge is 2.35. The maximum Gasteiger partial charge on any atom is 0.515 e. The van der Waals surface area contributed by atoms with Crippen LogP contribution in [0.2, 0.25) is 0 Å². The molecular weight excluding hydrogens is 1070 g/mol. The summed E-state index contributed by atoms with van der Waals surface area (Å²) in [6, 6.07) is 8.64. The number of urea groups is 1. The van der Waals surface area contributed by atoms with Crippen molar-refractivity contribution in [1.82, 2.24) is 25.3 Å². The number of halogens is 6. The number of carbonyl (C=O) groups excluding carboxylic acids is 6. The highest BCUT2D eigenvalue weighted by molar-refractivity contribution is 6.67. The molecule has 4 rings (SSSR count). The molecule has 1 aromatic rings. The standard InChI is InChI=1S/C21H29BN4O4.C11H18N2O3.C10H20N2O2.C3Cl6O3/c1-15(2)12-18(23-3)20(27)26-11-7-10-17(26)14-24-21(28)25-19(22(29)30)13-16-8-5-4-6-9-16;1-11(2,3)16-10(15)13-6-4-5-9(13)7-12-8-14;1-10(2,3)14-9(13)12-6-4-5-8(12)7-11;4-2(5,6)11-1(10)12-3(7,8)9/h4-6,8-9,12,15,17,19,29-30H,7,10-11,13-14H2,1-2H3,(H2,24,25,28);9H,4-7H2,1-3H3;8H,4-7,11H2,1-3H3;/t17-,19-;9-;8-;/m000./s1. The van der Waals surface area contributed by atoms with Crippen LogP contribution in [-0.2, 0) is 35.0 Å². The van der Waals surface area contributed by atoms with Crippen molar-refractivity contribution in [3.63, 3.8) is 0 Å². The summed E-state index contributed by atoms with van der Waals surface area (Å²) in [5.74, 6) is -1.08. The Morgan fingerprint density at radius 1 is 0.819 bits per heavy atom. The number of alkyl halides is 6. The maximum atomic E-state index is 12.7. The molecule has 1 aromatic carbocycles. The third-order valence-corrected chi connectivity index (χ3v) is 10.5. The number of benzene rings is 1. The van der Waals surface area contributed by atoms with Crippen molar-refractivity contribution in [3.8, 4) is 0 Å². The van der Waals surface area contributed by atoms with Gasteiger partial charge in [-0.1, -0.05) is 50.3 Å². The van der Waals surface area contributed by atoms with Gasteiger partial charge < -0.3 is 60.1 Å². The maximum absolute atomic E-state index is 12.7. The molecule has 0 aromatic heterocycles. The lowest BCUT2D eigenvalue weighted by Crippen LogP contribution is -2.53. The van der Waals surface area contributed by atoms with E-state index in [-0.39, 0.29) is 60.8 Å². The van der Waals surface area contributed by atoms with Crippen LogP contribution in [0.15, 0.2) is 47.1 Å². The number of ether oxygens (including phenoxy) is 4. The zero-order valence-electron chi connectivity index (χ0n) is 41.7. The number of likely N-dealkylation sites (tertiary alicyclic amines) is 3. The van der Waals surface area contributed by atoms with E-state index < -0.39 is 44.4 Å². The first kappa shape index (κ1) is 66.1. The minimum Gasteiger partial charge on any atom is -0.444 e. The van der Waals surface area contributed by atoms with Crippen LogP contribution in [0.4, 0.5) is 19.2 Å². The molecule has 404 valence electrons. The zero-order chi connectivity index (χ0) is 55.0. The van der Waals surface area contributed by atoms with Crippen molar-refractivity contribution in [2.75, 3.05) is 39.3 Å². The highest BCUT2D eigenvalue weighted by atomic mass is 35.6. The van der Waals surface area contributed by atoms with E-state index in [1.54, 1.807) is 20.8 Å². The van der Waals surface area contributed by atoms with Crippen LogP contribution in [0, 0.1) is 12.5 Å². The van der Waals surface area contributed by atoms with Gasteiger partial charge in [0.15, 0.2) is 0 Å². The van der Waals surface area contributed by atoms with Gasteiger partial charge in [-0.15, -0.1) is 0 Å². The summed E-state index contributed by atoms with van der Waals surface area (Å²) in [5, 5.41) is 24.5. The number of rotatable bonds is 11. The van der Waals surface area contributed by atoms with Crippen LogP contribution in [0.1, 0.15) is 99.5 Å². The first-order valence-electron chi connectivity index (χ1n) is 22.9. The molecule has 0 spiro atoms. The molecule has 0 bridgehead atoms. The number of isocyanates is 1. The Bertz CT molecular complexity index is 1990. The molecule has 0 radical (unpaired) electrons. The monoisotopic (exact) mass is 1130 g/mol. The molecule has 72 heavy (non-hydrogen) atoms. The number of hydrogen-bond donors (Lipinski definition) is 5. The number of allylic oxidation sites excluding steroid dienone is 1. The molecule has 3 fully saturated rings. The van der Waals surface area contributed by atoms with Crippen molar-refractivity contribution >= 4 is 113 Å². The topological polar surface area (TPSA) is 256 Å². The molecule has 5 amide bonds. The largest absolute Gasteiger partial charge is 0.515 e. The van der Waals surface area contributed by atoms with Crippen molar-refractivity contribution in [1.29, 1.82) is 0 Å². The Kier molecular flexibility index (Phi) is 29.1. The number of carbonyl (C=O) groups is 5. The fraction of sp³-hybridized carbons (Fsp3) is 0.667. The molecule has 20 nitrogen and oxygen atoms in total. The van der Waals surface area contributed by atoms with Gasteiger partial charge in [0, 0.05) is 44.8 Å². The molecule has 4 atom stereocenters. The summed E-state index contributed by atoms with van der Waals surface area (Å²) in [5.41, 5.74) is 5.64. The number of amides is 5. The molecule has 0 saturated carbocycles. The molecule has 3 saturated heterocycles. The Morgan fingerprint density at radius 2 is 1.29 bits per heavy atom. The number of nitrogens with one attached hydrogen (secondary N) is 2. The number of hydrogen-bond acceptors (Lipinski definition) is 14. The van der Waals surface area contributed by atoms with Crippen molar-refractivity contribution < 1.29 is 57.8 Å². The van der Waals surface area contributed by atoms with Gasteiger partial charge in [-0.2, -0.15) is 0 Å². The lowest BCUT2D eigenvalue weighted by Gasteiger charge is -2.27. The predicted molar refractivity (Wildman–Crippen MR) is 277 cm³/mol. The van der Waals surface area contributed by atoms with E-state index in [0.29, 0.717) is 26.2 Å². The average Bonchev–Trinajstić information content (AvgIpc) is 4.04. The van der Waals surface area contributed by atoms with Gasteiger partial charge in [0.25, 0.3) is 5.91 Å². The smallest absolute Gasteiger partial charge is 0.444 e. The minimum absolute atomic E-state index is 0.0173. The van der Waals surface area contributed by atoms with Crippen LogP contribution < -0.4 is 16.4 Å². The van der Waals surface area contributed by atoms with Gasteiger partial charge in [0.2, 0.25) is 11.8 Å². The van der Waals surface area contributed by atoms with E-state index in [0.717, 1.165) is 50.6 Å². The number of aliphatic imine (C=N–C) groups is 1. The lowest BCUT2D eigenvalue weighted by atomic mass is 9.76. The van der Waals surface area contributed by atoms with E-state index >= 15 is 0 Å². The Morgan fingerprint density at radius 3 is 1.72 bits per heavy atom. The van der Waals surface area contributed by atoms with E-state index in [4.69, 9.17) is 91.4 Å². The van der Waals surface area contributed by atoms with Crippen LogP contribution in [0.5, 0.6) is 0 Å². The van der Waals surface area contributed by atoms with E-state index in [1.165, 1.54) is 6.08 Å². The third kappa shape index (κ3) is 28.5. The van der Waals surface area contributed by atoms with E-state index in [9.17, 15) is 38.8 Å². The SMILES string of the molecule is CC(C)(C)OC(=O)N1CCC[C@H]1CN.CC(C)(C)OC(=O)N1CCC[C@H]1CN=C=O.O=C(OC(Cl)(Cl)Cl)OC(Cl)(Cl)Cl.[C-]#[N+]C(=CC(C)C)C(=O)N1CCC[C@H]1CNC(=O)N[C@@H](Cc1ccccc1)B(O)O.